The van der Waals surface area contributed by atoms with Crippen molar-refractivity contribution in [2.45, 2.75) is 38.6 Å². The highest BCUT2D eigenvalue weighted by Crippen LogP contribution is 2.53. The van der Waals surface area contributed by atoms with Crippen LogP contribution in [0, 0.1) is 5.41 Å². The van der Waals surface area contributed by atoms with E-state index in [9.17, 15) is 4.79 Å². The maximum absolute atomic E-state index is 12.6. The number of nitrogens with zero attached hydrogens (tertiary/aromatic N) is 2. The van der Waals surface area contributed by atoms with Crippen LogP contribution in [0.25, 0.3) is 10.9 Å². The Bertz CT molecular complexity index is 731. The standard InChI is InChI=1S/C15H15BrN2O/c16-10-1-2-11-12(9-10)17-13-3-4-15(5-6-15)7-8-18(13)14(11)19/h1-2,9H,3-8H2. The molecule has 0 amide bonds. The molecule has 2 heterocycles. The maximum atomic E-state index is 12.6. The summed E-state index contributed by atoms with van der Waals surface area (Å²) in [5.41, 5.74) is 1.48. The summed E-state index contributed by atoms with van der Waals surface area (Å²) in [5, 5.41) is 0.735. The summed E-state index contributed by atoms with van der Waals surface area (Å²) in [7, 11) is 0. The van der Waals surface area contributed by atoms with Crippen molar-refractivity contribution in [3.8, 4) is 0 Å². The predicted octanol–water partition coefficient (Wildman–Crippen LogP) is 3.28. The van der Waals surface area contributed by atoms with E-state index >= 15 is 0 Å². The fourth-order valence-corrected chi connectivity index (χ4v) is 3.54. The first-order valence-corrected chi connectivity index (χ1v) is 7.65. The van der Waals surface area contributed by atoms with Crippen molar-refractivity contribution in [1.29, 1.82) is 0 Å². The summed E-state index contributed by atoms with van der Waals surface area (Å²) in [6.45, 7) is 0.840. The number of rotatable bonds is 0. The van der Waals surface area contributed by atoms with Crippen molar-refractivity contribution in [1.82, 2.24) is 9.55 Å². The van der Waals surface area contributed by atoms with Gasteiger partial charge in [0.05, 0.1) is 10.9 Å². The molecule has 1 saturated carbocycles. The van der Waals surface area contributed by atoms with Gasteiger partial charge in [0.2, 0.25) is 0 Å². The van der Waals surface area contributed by atoms with Gasteiger partial charge in [-0.05, 0) is 49.3 Å². The molecule has 1 spiro atoms. The van der Waals surface area contributed by atoms with E-state index in [4.69, 9.17) is 4.98 Å². The molecule has 0 saturated heterocycles. The van der Waals surface area contributed by atoms with Gasteiger partial charge in [-0.1, -0.05) is 15.9 Å². The van der Waals surface area contributed by atoms with Gasteiger partial charge in [0.25, 0.3) is 5.56 Å². The van der Waals surface area contributed by atoms with Crippen LogP contribution in [-0.2, 0) is 13.0 Å². The van der Waals surface area contributed by atoms with Crippen LogP contribution in [0.2, 0.25) is 0 Å². The van der Waals surface area contributed by atoms with Gasteiger partial charge >= 0.3 is 0 Å². The molecule has 1 aliphatic carbocycles. The number of aromatic nitrogens is 2. The molecule has 0 radical (unpaired) electrons. The molecule has 0 atom stereocenters. The van der Waals surface area contributed by atoms with E-state index in [0.717, 1.165) is 40.6 Å². The van der Waals surface area contributed by atoms with Crippen LogP contribution < -0.4 is 5.56 Å². The van der Waals surface area contributed by atoms with E-state index in [2.05, 4.69) is 15.9 Å². The molecule has 0 N–H and O–H groups in total. The Morgan fingerprint density at radius 2 is 2.05 bits per heavy atom. The molecule has 1 fully saturated rings. The molecule has 98 valence electrons. The zero-order chi connectivity index (χ0) is 13.0. The maximum Gasteiger partial charge on any atom is 0.261 e. The highest BCUT2D eigenvalue weighted by Gasteiger charge is 2.43. The third-order valence-electron chi connectivity index (χ3n) is 4.70. The van der Waals surface area contributed by atoms with E-state index in [1.807, 2.05) is 22.8 Å². The first kappa shape index (κ1) is 11.6. The van der Waals surface area contributed by atoms with Crippen molar-refractivity contribution in [2.24, 2.45) is 5.41 Å². The molecule has 0 bridgehead atoms. The molecule has 4 rings (SSSR count). The van der Waals surface area contributed by atoms with Crippen molar-refractivity contribution >= 4 is 26.8 Å². The molecule has 1 aromatic carbocycles. The number of benzene rings is 1. The minimum absolute atomic E-state index is 0.130. The monoisotopic (exact) mass is 318 g/mol. The SMILES string of the molecule is O=c1c2ccc(Br)cc2nc2n1CCC1(CC2)CC1. The largest absolute Gasteiger partial charge is 0.296 e. The van der Waals surface area contributed by atoms with E-state index < -0.39 is 0 Å². The lowest BCUT2D eigenvalue weighted by atomic mass is 9.97. The number of halogens is 1. The van der Waals surface area contributed by atoms with Gasteiger partial charge in [0, 0.05) is 17.4 Å². The third-order valence-corrected chi connectivity index (χ3v) is 5.19. The molecule has 19 heavy (non-hydrogen) atoms. The Hall–Kier alpha value is -1.16. The summed E-state index contributed by atoms with van der Waals surface area (Å²) in [5.74, 6) is 0.972. The smallest absolute Gasteiger partial charge is 0.261 e. The van der Waals surface area contributed by atoms with E-state index in [1.165, 1.54) is 19.3 Å². The molecular formula is C15H15BrN2O. The van der Waals surface area contributed by atoms with Gasteiger partial charge in [-0.2, -0.15) is 0 Å². The normalized spacial score (nSPS) is 20.3. The van der Waals surface area contributed by atoms with Crippen LogP contribution in [-0.4, -0.2) is 9.55 Å². The lowest BCUT2D eigenvalue weighted by Crippen LogP contribution is -2.24. The second kappa shape index (κ2) is 3.92. The summed E-state index contributed by atoms with van der Waals surface area (Å²) >= 11 is 3.45. The quantitative estimate of drug-likeness (QED) is 0.747. The molecular weight excluding hydrogens is 304 g/mol. The van der Waals surface area contributed by atoms with Gasteiger partial charge in [-0.25, -0.2) is 4.98 Å². The molecule has 1 aliphatic heterocycles. The van der Waals surface area contributed by atoms with Gasteiger partial charge in [0.15, 0.2) is 0 Å². The summed E-state index contributed by atoms with van der Waals surface area (Å²) < 4.78 is 2.88. The Kier molecular flexibility index (Phi) is 2.40. The number of aryl methyl sites for hydroxylation is 1. The van der Waals surface area contributed by atoms with Crippen LogP contribution in [0.3, 0.4) is 0 Å². The van der Waals surface area contributed by atoms with E-state index in [0.29, 0.717) is 5.41 Å². The predicted molar refractivity (Wildman–Crippen MR) is 78.3 cm³/mol. The highest BCUT2D eigenvalue weighted by atomic mass is 79.9. The summed E-state index contributed by atoms with van der Waals surface area (Å²) in [4.78, 5) is 17.3. The Balaban J connectivity index is 1.92. The minimum atomic E-state index is 0.130. The van der Waals surface area contributed by atoms with Gasteiger partial charge < -0.3 is 0 Å². The number of hydrogen-bond donors (Lipinski definition) is 0. The minimum Gasteiger partial charge on any atom is -0.296 e. The summed E-state index contributed by atoms with van der Waals surface area (Å²) in [6, 6.07) is 5.73. The molecule has 1 aromatic heterocycles. The van der Waals surface area contributed by atoms with E-state index in [1.54, 1.807) is 0 Å². The number of hydrogen-bond acceptors (Lipinski definition) is 2. The molecule has 2 aliphatic rings. The van der Waals surface area contributed by atoms with Crippen LogP contribution in [0.4, 0.5) is 0 Å². The average molecular weight is 319 g/mol. The number of fused-ring (bicyclic) bond motifs is 2. The first-order chi connectivity index (χ1) is 9.17. The molecule has 2 aromatic rings. The van der Waals surface area contributed by atoms with Crippen LogP contribution in [0.15, 0.2) is 27.5 Å². The third kappa shape index (κ3) is 1.84. The van der Waals surface area contributed by atoms with Gasteiger partial charge in [-0.3, -0.25) is 9.36 Å². The Morgan fingerprint density at radius 1 is 1.21 bits per heavy atom. The lowest BCUT2D eigenvalue weighted by Gasteiger charge is -2.10. The van der Waals surface area contributed by atoms with Crippen molar-refractivity contribution < 1.29 is 0 Å². The molecule has 0 unspecified atom stereocenters. The average Bonchev–Trinajstić information content (AvgIpc) is 3.18. The molecule has 4 heteroatoms. The zero-order valence-electron chi connectivity index (χ0n) is 10.7. The summed E-state index contributed by atoms with van der Waals surface area (Å²) in [6.07, 6.45) is 5.95. The first-order valence-electron chi connectivity index (χ1n) is 6.86. The Morgan fingerprint density at radius 3 is 2.84 bits per heavy atom. The molecule has 3 nitrogen and oxygen atoms in total. The van der Waals surface area contributed by atoms with E-state index in [-0.39, 0.29) is 5.56 Å². The van der Waals surface area contributed by atoms with Crippen molar-refractivity contribution in [3.05, 3.63) is 38.9 Å². The second-order valence-corrected chi connectivity index (χ2v) is 6.81. The fraction of sp³-hybridized carbons (Fsp3) is 0.467. The van der Waals surface area contributed by atoms with Gasteiger partial charge in [-0.15, -0.1) is 0 Å². The second-order valence-electron chi connectivity index (χ2n) is 5.90. The van der Waals surface area contributed by atoms with Gasteiger partial charge in [0.1, 0.15) is 5.82 Å². The van der Waals surface area contributed by atoms with Crippen LogP contribution in [0.1, 0.15) is 31.5 Å². The van der Waals surface area contributed by atoms with Crippen LogP contribution in [0.5, 0.6) is 0 Å². The highest BCUT2D eigenvalue weighted by molar-refractivity contribution is 9.10. The van der Waals surface area contributed by atoms with Crippen molar-refractivity contribution in [2.75, 3.05) is 0 Å². The van der Waals surface area contributed by atoms with Crippen LogP contribution >= 0.6 is 15.9 Å². The zero-order valence-corrected chi connectivity index (χ0v) is 12.2. The lowest BCUT2D eigenvalue weighted by molar-refractivity contribution is 0.424. The fourth-order valence-electron chi connectivity index (χ4n) is 3.19. The topological polar surface area (TPSA) is 34.9 Å². The van der Waals surface area contributed by atoms with Crippen molar-refractivity contribution in [3.63, 3.8) is 0 Å². The Labute approximate surface area is 119 Å².